The zero-order valence-electron chi connectivity index (χ0n) is 19.6. The minimum atomic E-state index is -0.482. The fourth-order valence-corrected chi connectivity index (χ4v) is 5.01. The molecule has 0 saturated carbocycles. The summed E-state index contributed by atoms with van der Waals surface area (Å²) in [5, 5.41) is 9.73. The smallest absolute Gasteiger partial charge is 0.251 e. The quantitative estimate of drug-likeness (QED) is 0.657. The molecule has 2 aromatic rings. The topological polar surface area (TPSA) is 95.9 Å². The average Bonchev–Trinajstić information content (AvgIpc) is 3.33. The number of hydrogen-bond donors (Lipinski definition) is 2. The van der Waals surface area contributed by atoms with Crippen LogP contribution in [0.2, 0.25) is 0 Å². The number of benzene rings is 2. The van der Waals surface area contributed by atoms with Crippen LogP contribution >= 0.6 is 0 Å². The maximum atomic E-state index is 12.8. The second kappa shape index (κ2) is 10.3. The van der Waals surface area contributed by atoms with Crippen molar-refractivity contribution in [3.8, 4) is 11.1 Å². The Hall–Kier alpha value is -3.03. The normalized spacial score (nSPS) is 22.6. The van der Waals surface area contributed by atoms with Crippen LogP contribution in [0.4, 0.5) is 0 Å². The number of carbonyl (C=O) groups is 3. The molecule has 4 rings (SSSR count). The van der Waals surface area contributed by atoms with Gasteiger partial charge in [-0.15, -0.1) is 0 Å². The van der Waals surface area contributed by atoms with Crippen LogP contribution < -0.4 is 5.32 Å². The number of aliphatic hydroxyl groups excluding tert-OH is 1. The summed E-state index contributed by atoms with van der Waals surface area (Å²) in [6.07, 6.45) is 1.37. The molecule has 0 radical (unpaired) electrons. The van der Waals surface area contributed by atoms with E-state index in [4.69, 9.17) is 9.84 Å². The molecule has 0 bridgehead atoms. The van der Waals surface area contributed by atoms with Crippen LogP contribution in [-0.4, -0.2) is 68.1 Å². The minimum Gasteiger partial charge on any atom is -0.400 e. The number of carbonyl (C=O) groups excluding carboxylic acids is 3. The Balaban J connectivity index is 0.00000149. The number of ether oxygens (including phenoxy) is 1. The summed E-state index contributed by atoms with van der Waals surface area (Å²) in [6, 6.07) is 13.5. The molecule has 1 aliphatic carbocycles. The van der Waals surface area contributed by atoms with Crippen LogP contribution in [0.25, 0.3) is 11.1 Å². The summed E-state index contributed by atoms with van der Waals surface area (Å²) >= 11 is 0. The zero-order valence-corrected chi connectivity index (χ0v) is 19.6. The van der Waals surface area contributed by atoms with Gasteiger partial charge in [-0.1, -0.05) is 44.2 Å². The van der Waals surface area contributed by atoms with Crippen LogP contribution in [0, 0.1) is 5.41 Å². The lowest BCUT2D eigenvalue weighted by Crippen LogP contribution is -2.43. The SMILES string of the molecule is CO.COC[C@@]1(C)CC(C=O)N(C(=O)CNC(=O)c2ccc3c(c2)C(C)c2ccccc2-3)C1. The molecule has 1 fully saturated rings. The third-order valence-corrected chi connectivity index (χ3v) is 6.52. The van der Waals surface area contributed by atoms with Crippen molar-refractivity contribution in [2.75, 3.05) is 33.9 Å². The van der Waals surface area contributed by atoms with Gasteiger partial charge in [-0.2, -0.15) is 0 Å². The number of hydrogen-bond acceptors (Lipinski definition) is 5. The third-order valence-electron chi connectivity index (χ3n) is 6.52. The molecule has 2 unspecified atom stereocenters. The van der Waals surface area contributed by atoms with Crippen molar-refractivity contribution in [2.45, 2.75) is 32.2 Å². The molecular formula is C26H32N2O5. The fourth-order valence-electron chi connectivity index (χ4n) is 5.01. The van der Waals surface area contributed by atoms with Gasteiger partial charge in [0, 0.05) is 37.7 Å². The van der Waals surface area contributed by atoms with E-state index in [1.807, 2.05) is 31.2 Å². The summed E-state index contributed by atoms with van der Waals surface area (Å²) in [6.45, 7) is 4.91. The molecule has 2 aliphatic rings. The Kier molecular flexibility index (Phi) is 7.66. The molecular weight excluding hydrogens is 420 g/mol. The lowest BCUT2D eigenvalue weighted by atomic mass is 9.89. The van der Waals surface area contributed by atoms with Crippen LogP contribution in [0.5, 0.6) is 0 Å². The Morgan fingerprint density at radius 2 is 1.88 bits per heavy atom. The molecule has 2 N–H and O–H groups in total. The van der Waals surface area contributed by atoms with E-state index in [0.717, 1.165) is 24.5 Å². The number of fused-ring (bicyclic) bond motifs is 3. The number of likely N-dealkylation sites (tertiary alicyclic amines) is 1. The predicted octanol–water partition coefficient (Wildman–Crippen LogP) is 2.61. The minimum absolute atomic E-state index is 0.140. The van der Waals surface area contributed by atoms with Gasteiger partial charge in [-0.3, -0.25) is 9.59 Å². The molecule has 2 amide bonds. The molecule has 0 aromatic heterocycles. The van der Waals surface area contributed by atoms with Crippen LogP contribution in [0.3, 0.4) is 0 Å². The molecule has 3 atom stereocenters. The largest absolute Gasteiger partial charge is 0.400 e. The number of methoxy groups -OCH3 is 1. The van der Waals surface area contributed by atoms with E-state index in [1.165, 1.54) is 11.1 Å². The second-order valence-electron chi connectivity index (χ2n) is 8.97. The van der Waals surface area contributed by atoms with Crippen molar-refractivity contribution < 1.29 is 24.2 Å². The van der Waals surface area contributed by atoms with Crippen LogP contribution in [0.15, 0.2) is 42.5 Å². The van der Waals surface area contributed by atoms with Crippen LogP contribution in [0.1, 0.15) is 47.7 Å². The predicted molar refractivity (Wildman–Crippen MR) is 126 cm³/mol. The molecule has 7 heteroatoms. The lowest BCUT2D eigenvalue weighted by Gasteiger charge is -2.24. The standard InChI is InChI=1S/C25H28N2O4.CH4O/c1-16-19-6-4-5-7-20(19)21-9-8-17(10-22(16)21)24(30)26-12-23(29)27-14-25(2,15-31-3)11-18(27)13-28;1-2/h4-10,13,16,18H,11-12,14-15H2,1-3H3,(H,26,30);2H,1H3/t16?,18?,25-;/m0./s1. The highest BCUT2D eigenvalue weighted by Crippen LogP contribution is 2.44. The summed E-state index contributed by atoms with van der Waals surface area (Å²) in [7, 11) is 2.61. The van der Waals surface area contributed by atoms with Crippen molar-refractivity contribution in [1.29, 1.82) is 0 Å². The van der Waals surface area contributed by atoms with E-state index in [2.05, 4.69) is 24.4 Å². The second-order valence-corrected chi connectivity index (χ2v) is 8.97. The van der Waals surface area contributed by atoms with Gasteiger partial charge in [0.2, 0.25) is 5.91 Å². The third kappa shape index (κ3) is 4.84. The van der Waals surface area contributed by atoms with Crippen molar-refractivity contribution in [1.82, 2.24) is 10.2 Å². The maximum Gasteiger partial charge on any atom is 0.251 e. The lowest BCUT2D eigenvalue weighted by molar-refractivity contribution is -0.133. The molecule has 0 spiro atoms. The molecule has 1 saturated heterocycles. The first-order valence-electron chi connectivity index (χ1n) is 11.1. The first-order chi connectivity index (χ1) is 15.9. The Bertz CT molecular complexity index is 1040. The van der Waals surface area contributed by atoms with E-state index >= 15 is 0 Å². The van der Waals surface area contributed by atoms with Gasteiger partial charge in [-0.25, -0.2) is 0 Å². The van der Waals surface area contributed by atoms with Gasteiger partial charge in [0.1, 0.15) is 6.29 Å². The summed E-state index contributed by atoms with van der Waals surface area (Å²) in [5.74, 6) is -0.329. The van der Waals surface area contributed by atoms with E-state index in [-0.39, 0.29) is 29.7 Å². The number of aldehydes is 1. The van der Waals surface area contributed by atoms with Gasteiger partial charge < -0.3 is 24.9 Å². The molecule has 2 aromatic carbocycles. The number of nitrogens with zero attached hydrogens (tertiary/aromatic N) is 1. The van der Waals surface area contributed by atoms with E-state index in [9.17, 15) is 14.4 Å². The Labute approximate surface area is 194 Å². The van der Waals surface area contributed by atoms with Crippen LogP contribution in [-0.2, 0) is 14.3 Å². The summed E-state index contributed by atoms with van der Waals surface area (Å²) in [5.41, 5.74) is 5.02. The Morgan fingerprint density at radius 1 is 1.18 bits per heavy atom. The monoisotopic (exact) mass is 452 g/mol. The first-order valence-corrected chi connectivity index (χ1v) is 11.1. The molecule has 7 nitrogen and oxygen atoms in total. The van der Waals surface area contributed by atoms with Crippen molar-refractivity contribution in [3.05, 3.63) is 59.2 Å². The van der Waals surface area contributed by atoms with Crippen molar-refractivity contribution >= 4 is 18.1 Å². The van der Waals surface area contributed by atoms with Gasteiger partial charge >= 0.3 is 0 Å². The van der Waals surface area contributed by atoms with E-state index in [1.54, 1.807) is 18.1 Å². The molecule has 176 valence electrons. The van der Waals surface area contributed by atoms with E-state index < -0.39 is 6.04 Å². The molecule has 33 heavy (non-hydrogen) atoms. The van der Waals surface area contributed by atoms with Gasteiger partial charge in [-0.05, 0) is 40.8 Å². The number of rotatable bonds is 6. The average molecular weight is 453 g/mol. The van der Waals surface area contributed by atoms with Crippen molar-refractivity contribution in [2.24, 2.45) is 5.41 Å². The molecule has 1 aliphatic heterocycles. The molecule has 1 heterocycles. The van der Waals surface area contributed by atoms with Gasteiger partial charge in [0.25, 0.3) is 5.91 Å². The number of amides is 2. The highest BCUT2D eigenvalue weighted by Gasteiger charge is 2.42. The summed E-state index contributed by atoms with van der Waals surface area (Å²) in [4.78, 5) is 38.5. The van der Waals surface area contributed by atoms with Gasteiger partial charge in [0.05, 0.1) is 19.2 Å². The zero-order chi connectivity index (χ0) is 24.2. The first kappa shape index (κ1) is 24.6. The maximum absolute atomic E-state index is 12.8. The number of aliphatic hydroxyl groups is 1. The van der Waals surface area contributed by atoms with Gasteiger partial charge in [0.15, 0.2) is 0 Å². The fraction of sp³-hybridized carbons (Fsp3) is 0.423. The number of nitrogens with one attached hydrogen (secondary N) is 1. The highest BCUT2D eigenvalue weighted by atomic mass is 16.5. The summed E-state index contributed by atoms with van der Waals surface area (Å²) < 4.78 is 5.25. The Morgan fingerprint density at radius 3 is 2.58 bits per heavy atom. The highest BCUT2D eigenvalue weighted by molar-refractivity contribution is 5.98. The van der Waals surface area contributed by atoms with Crippen molar-refractivity contribution in [3.63, 3.8) is 0 Å². The van der Waals surface area contributed by atoms with E-state index in [0.29, 0.717) is 25.1 Å².